The highest BCUT2D eigenvalue weighted by Crippen LogP contribution is 2.28. The van der Waals surface area contributed by atoms with Crippen LogP contribution in [-0.2, 0) is 21.1 Å². The van der Waals surface area contributed by atoms with Crippen LogP contribution in [0.3, 0.4) is 0 Å². The van der Waals surface area contributed by atoms with Crippen LogP contribution in [0.4, 0.5) is 0 Å². The SMILES string of the molecule is CCc1ccc(S(=O)(=O)CCC(=O)N2CCC[C@@H](c3cc4ccccc4cn3)C2)cc1. The summed E-state index contributed by atoms with van der Waals surface area (Å²) in [7, 11) is -3.47. The number of piperidine rings is 1. The van der Waals surface area contributed by atoms with Gasteiger partial charge in [0.2, 0.25) is 5.91 Å². The van der Waals surface area contributed by atoms with Gasteiger partial charge in [-0.05, 0) is 48.4 Å². The largest absolute Gasteiger partial charge is 0.342 e. The minimum absolute atomic E-state index is 0.00965. The summed E-state index contributed by atoms with van der Waals surface area (Å²) < 4.78 is 25.3. The summed E-state index contributed by atoms with van der Waals surface area (Å²) in [4.78, 5) is 19.5. The van der Waals surface area contributed by atoms with Gasteiger partial charge in [-0.15, -0.1) is 0 Å². The molecule has 0 radical (unpaired) electrons. The van der Waals surface area contributed by atoms with E-state index in [2.05, 4.69) is 17.1 Å². The molecule has 0 saturated carbocycles. The molecule has 3 aromatic rings. The molecule has 31 heavy (non-hydrogen) atoms. The van der Waals surface area contributed by atoms with Gasteiger partial charge in [0.25, 0.3) is 0 Å². The Balaban J connectivity index is 1.40. The third-order valence-corrected chi connectivity index (χ3v) is 7.85. The third-order valence-electron chi connectivity index (χ3n) is 6.12. The van der Waals surface area contributed by atoms with Crippen LogP contribution in [-0.4, -0.2) is 43.1 Å². The fourth-order valence-corrected chi connectivity index (χ4v) is 5.43. The van der Waals surface area contributed by atoms with Crippen molar-refractivity contribution < 1.29 is 13.2 Å². The summed E-state index contributed by atoms with van der Waals surface area (Å²) in [5.74, 6) is -0.0769. The predicted octanol–water partition coefficient (Wildman–Crippen LogP) is 4.37. The van der Waals surface area contributed by atoms with E-state index in [1.165, 1.54) is 0 Å². The number of aromatic nitrogens is 1. The van der Waals surface area contributed by atoms with E-state index in [1.54, 1.807) is 17.0 Å². The Hall–Kier alpha value is -2.73. The predicted molar refractivity (Wildman–Crippen MR) is 123 cm³/mol. The lowest BCUT2D eigenvalue weighted by Gasteiger charge is -2.32. The molecule has 4 rings (SSSR count). The summed E-state index contributed by atoms with van der Waals surface area (Å²) in [6.45, 7) is 3.30. The van der Waals surface area contributed by atoms with Crippen molar-refractivity contribution in [2.75, 3.05) is 18.8 Å². The summed E-state index contributed by atoms with van der Waals surface area (Å²) >= 11 is 0. The topological polar surface area (TPSA) is 67.3 Å². The number of hydrogen-bond acceptors (Lipinski definition) is 4. The second-order valence-corrected chi connectivity index (χ2v) is 10.3. The van der Waals surface area contributed by atoms with Gasteiger partial charge in [0.15, 0.2) is 9.84 Å². The Labute approximate surface area is 184 Å². The molecule has 1 aromatic heterocycles. The van der Waals surface area contributed by atoms with Gasteiger partial charge in [-0.1, -0.05) is 43.3 Å². The molecule has 162 valence electrons. The maximum atomic E-state index is 12.8. The number of sulfone groups is 1. The fraction of sp³-hybridized carbons (Fsp3) is 0.360. The lowest BCUT2D eigenvalue weighted by atomic mass is 9.93. The number of likely N-dealkylation sites (tertiary alicyclic amines) is 1. The van der Waals surface area contributed by atoms with Crippen LogP contribution in [0.5, 0.6) is 0 Å². The van der Waals surface area contributed by atoms with Crippen LogP contribution in [0, 0.1) is 0 Å². The van der Waals surface area contributed by atoms with Crippen LogP contribution in [0.25, 0.3) is 10.8 Å². The molecule has 6 heteroatoms. The maximum Gasteiger partial charge on any atom is 0.223 e. The molecule has 2 heterocycles. The number of amides is 1. The fourth-order valence-electron chi connectivity index (χ4n) is 4.20. The first-order valence-corrected chi connectivity index (χ1v) is 12.6. The second-order valence-electron chi connectivity index (χ2n) is 8.20. The Bertz CT molecular complexity index is 1170. The highest BCUT2D eigenvalue weighted by atomic mass is 32.2. The number of pyridine rings is 1. The van der Waals surface area contributed by atoms with E-state index in [-0.39, 0.29) is 28.9 Å². The summed E-state index contributed by atoms with van der Waals surface area (Å²) in [6, 6.07) is 17.2. The van der Waals surface area contributed by atoms with Crippen molar-refractivity contribution in [2.24, 2.45) is 0 Å². The number of fused-ring (bicyclic) bond motifs is 1. The summed E-state index contributed by atoms with van der Waals surface area (Å²) in [6.07, 6.45) is 4.64. The van der Waals surface area contributed by atoms with E-state index in [0.717, 1.165) is 41.3 Å². The molecular weight excluding hydrogens is 408 g/mol. The Kier molecular flexibility index (Phi) is 6.37. The molecule has 1 saturated heterocycles. The Morgan fingerprint density at radius 1 is 1.10 bits per heavy atom. The van der Waals surface area contributed by atoms with E-state index in [0.29, 0.717) is 13.1 Å². The first-order chi connectivity index (χ1) is 15.0. The van der Waals surface area contributed by atoms with Crippen LogP contribution in [0.15, 0.2) is 65.7 Å². The minimum atomic E-state index is -3.47. The average molecular weight is 437 g/mol. The Morgan fingerprint density at radius 2 is 1.84 bits per heavy atom. The van der Waals surface area contributed by atoms with Gasteiger partial charge >= 0.3 is 0 Å². The summed E-state index contributed by atoms with van der Waals surface area (Å²) in [5.41, 5.74) is 2.09. The number of nitrogens with zero attached hydrogens (tertiary/aromatic N) is 2. The molecule has 0 bridgehead atoms. The Morgan fingerprint density at radius 3 is 2.58 bits per heavy atom. The van der Waals surface area contributed by atoms with Crippen molar-refractivity contribution in [3.05, 3.63) is 72.1 Å². The van der Waals surface area contributed by atoms with Gasteiger partial charge in [0, 0.05) is 42.7 Å². The highest BCUT2D eigenvalue weighted by Gasteiger charge is 2.27. The zero-order valence-electron chi connectivity index (χ0n) is 17.8. The summed E-state index contributed by atoms with van der Waals surface area (Å²) in [5, 5.41) is 2.25. The van der Waals surface area contributed by atoms with Gasteiger partial charge in [0.1, 0.15) is 0 Å². The molecule has 5 nitrogen and oxygen atoms in total. The average Bonchev–Trinajstić information content (AvgIpc) is 2.82. The minimum Gasteiger partial charge on any atom is -0.342 e. The number of rotatable bonds is 6. The zero-order chi connectivity index (χ0) is 21.8. The molecule has 1 fully saturated rings. The first kappa shape index (κ1) is 21.5. The number of benzene rings is 2. The maximum absolute atomic E-state index is 12.8. The molecule has 1 aliphatic rings. The standard InChI is InChI=1S/C25H28N2O3S/c1-2-19-9-11-23(12-10-19)31(29,30)15-13-25(28)27-14-5-8-22(18-27)24-16-20-6-3-4-7-21(20)17-26-24/h3-4,6-7,9-12,16-17,22H,2,5,8,13-15,18H2,1H3/t22-/m1/s1. The third kappa shape index (κ3) is 4.96. The van der Waals surface area contributed by atoms with Crippen LogP contribution in [0.1, 0.15) is 43.4 Å². The molecule has 0 unspecified atom stereocenters. The number of carbonyl (C=O) groups excluding carboxylic acids is 1. The van der Waals surface area contributed by atoms with Crippen molar-refractivity contribution in [3.63, 3.8) is 0 Å². The van der Waals surface area contributed by atoms with E-state index in [9.17, 15) is 13.2 Å². The lowest BCUT2D eigenvalue weighted by Crippen LogP contribution is -2.39. The molecule has 1 aliphatic heterocycles. The molecule has 2 aromatic carbocycles. The van der Waals surface area contributed by atoms with Gasteiger partial charge in [-0.25, -0.2) is 8.42 Å². The van der Waals surface area contributed by atoms with E-state index >= 15 is 0 Å². The quantitative estimate of drug-likeness (QED) is 0.576. The van der Waals surface area contributed by atoms with Gasteiger partial charge in [-0.2, -0.15) is 0 Å². The van der Waals surface area contributed by atoms with Crippen molar-refractivity contribution in [2.45, 2.75) is 43.4 Å². The van der Waals surface area contributed by atoms with Gasteiger partial charge < -0.3 is 4.90 Å². The van der Waals surface area contributed by atoms with E-state index < -0.39 is 9.84 Å². The van der Waals surface area contributed by atoms with Crippen LogP contribution < -0.4 is 0 Å². The number of aryl methyl sites for hydroxylation is 1. The number of hydrogen-bond donors (Lipinski definition) is 0. The molecule has 1 amide bonds. The van der Waals surface area contributed by atoms with Crippen molar-refractivity contribution in [1.82, 2.24) is 9.88 Å². The van der Waals surface area contributed by atoms with Gasteiger partial charge in [0.05, 0.1) is 10.6 Å². The van der Waals surface area contributed by atoms with Crippen LogP contribution >= 0.6 is 0 Å². The van der Waals surface area contributed by atoms with Crippen molar-refractivity contribution in [3.8, 4) is 0 Å². The van der Waals surface area contributed by atoms with Crippen molar-refractivity contribution >= 4 is 26.5 Å². The van der Waals surface area contributed by atoms with E-state index in [1.807, 2.05) is 43.5 Å². The molecular formula is C25H28N2O3S. The number of carbonyl (C=O) groups is 1. The lowest BCUT2D eigenvalue weighted by molar-refractivity contribution is -0.132. The molecule has 0 N–H and O–H groups in total. The monoisotopic (exact) mass is 436 g/mol. The molecule has 0 aliphatic carbocycles. The van der Waals surface area contributed by atoms with Crippen LogP contribution in [0.2, 0.25) is 0 Å². The molecule has 1 atom stereocenters. The molecule has 0 spiro atoms. The van der Waals surface area contributed by atoms with Gasteiger partial charge in [-0.3, -0.25) is 9.78 Å². The second kappa shape index (κ2) is 9.18. The van der Waals surface area contributed by atoms with E-state index in [4.69, 9.17) is 0 Å². The van der Waals surface area contributed by atoms with Crippen molar-refractivity contribution in [1.29, 1.82) is 0 Å². The normalized spacial score (nSPS) is 17.1. The smallest absolute Gasteiger partial charge is 0.223 e. The zero-order valence-corrected chi connectivity index (χ0v) is 18.6. The highest BCUT2D eigenvalue weighted by molar-refractivity contribution is 7.91. The first-order valence-electron chi connectivity index (χ1n) is 10.9.